The Balaban J connectivity index is 0.917. The highest BCUT2D eigenvalue weighted by Crippen LogP contribution is 2.25. The van der Waals surface area contributed by atoms with Crippen molar-refractivity contribution in [2.75, 3.05) is 44.7 Å². The molecule has 1 N–H and O–H groups in total. The average Bonchev–Trinajstić information content (AvgIpc) is 3.08. The zero-order valence-corrected chi connectivity index (χ0v) is 25.8. The first-order valence-corrected chi connectivity index (χ1v) is 15.5. The number of rotatable bonds is 9. The fourth-order valence-corrected chi connectivity index (χ4v) is 5.22. The van der Waals surface area contributed by atoms with Crippen LogP contribution in [-0.4, -0.2) is 77.3 Å². The van der Waals surface area contributed by atoms with Gasteiger partial charge in [0.1, 0.15) is 23.4 Å². The van der Waals surface area contributed by atoms with Gasteiger partial charge in [0.15, 0.2) is 5.75 Å². The fraction of sp³-hybridized carbons (Fsp3) is 0.314. The monoisotopic (exact) mass is 623 g/mol. The van der Waals surface area contributed by atoms with E-state index >= 15 is 0 Å². The molecule has 2 aliphatic rings. The second-order valence-electron chi connectivity index (χ2n) is 11.3. The molecule has 2 fully saturated rings. The maximum atomic E-state index is 12.8. The van der Waals surface area contributed by atoms with Gasteiger partial charge in [0.05, 0.1) is 19.4 Å². The third-order valence-electron chi connectivity index (χ3n) is 7.84. The number of ether oxygens (including phenoxy) is 4. The Morgan fingerprint density at radius 3 is 2.22 bits per heavy atom. The molecular weight excluding hydrogens is 586 g/mol. The molecule has 4 aromatic rings. The highest BCUT2D eigenvalue weighted by molar-refractivity contribution is 6.03. The molecule has 0 bridgehead atoms. The molecule has 2 saturated heterocycles. The van der Waals surface area contributed by atoms with Crippen LogP contribution in [0, 0.1) is 6.92 Å². The summed E-state index contributed by atoms with van der Waals surface area (Å²) in [4.78, 5) is 38.0. The standard InChI is InChI=1S/C35H37N5O6/c1-25-2-13-33(37-22-25)45-29-9-7-28(8-10-29)44-30-14-16-40(17-15-30)35(42)46-31-11-12-32(36-23-31)38-34(41)27-5-3-26(4-6-27)24-39-18-20-43-21-19-39/h2-13,22-23,30H,14-21,24H2,1H3,(H,36,38,41). The van der Waals surface area contributed by atoms with Crippen LogP contribution in [-0.2, 0) is 11.3 Å². The number of carbonyl (C=O) groups excluding carboxylic acids is 2. The van der Waals surface area contributed by atoms with Crippen LogP contribution in [0.15, 0.2) is 85.2 Å². The van der Waals surface area contributed by atoms with Gasteiger partial charge in [-0.05, 0) is 66.6 Å². The van der Waals surface area contributed by atoms with E-state index in [1.165, 1.54) is 6.20 Å². The maximum Gasteiger partial charge on any atom is 0.415 e. The molecule has 0 radical (unpaired) electrons. The molecule has 238 valence electrons. The smallest absolute Gasteiger partial charge is 0.415 e. The van der Waals surface area contributed by atoms with Crippen molar-refractivity contribution in [3.8, 4) is 23.1 Å². The lowest BCUT2D eigenvalue weighted by Gasteiger charge is -2.31. The van der Waals surface area contributed by atoms with E-state index in [-0.39, 0.29) is 12.0 Å². The molecule has 0 saturated carbocycles. The van der Waals surface area contributed by atoms with Crippen molar-refractivity contribution in [3.63, 3.8) is 0 Å². The zero-order valence-electron chi connectivity index (χ0n) is 25.8. The van der Waals surface area contributed by atoms with E-state index in [2.05, 4.69) is 20.2 Å². The number of benzene rings is 2. The summed E-state index contributed by atoms with van der Waals surface area (Å²) in [6.45, 7) is 7.15. The number of anilines is 1. The Kier molecular flexibility index (Phi) is 10.0. The van der Waals surface area contributed by atoms with Gasteiger partial charge in [-0.15, -0.1) is 0 Å². The topological polar surface area (TPSA) is 115 Å². The van der Waals surface area contributed by atoms with E-state index in [9.17, 15) is 9.59 Å². The van der Waals surface area contributed by atoms with Crippen molar-refractivity contribution < 1.29 is 28.5 Å². The largest absolute Gasteiger partial charge is 0.490 e. The minimum atomic E-state index is -0.444. The predicted octanol–water partition coefficient (Wildman–Crippen LogP) is 5.70. The summed E-state index contributed by atoms with van der Waals surface area (Å²) in [5.41, 5.74) is 2.76. The Bertz CT molecular complexity index is 1580. The maximum absolute atomic E-state index is 12.8. The number of hydrogen-bond donors (Lipinski definition) is 1. The third-order valence-corrected chi connectivity index (χ3v) is 7.84. The minimum Gasteiger partial charge on any atom is -0.490 e. The van der Waals surface area contributed by atoms with E-state index < -0.39 is 6.09 Å². The Morgan fingerprint density at radius 1 is 0.826 bits per heavy atom. The third kappa shape index (κ3) is 8.58. The molecule has 4 heterocycles. The average molecular weight is 624 g/mol. The molecule has 0 spiro atoms. The second-order valence-corrected chi connectivity index (χ2v) is 11.3. The lowest BCUT2D eigenvalue weighted by molar-refractivity contribution is 0.0342. The second kappa shape index (κ2) is 14.9. The minimum absolute atomic E-state index is 0.0138. The number of nitrogens with zero attached hydrogens (tertiary/aromatic N) is 4. The number of nitrogens with one attached hydrogen (secondary N) is 1. The summed E-state index contributed by atoms with van der Waals surface area (Å²) in [5.74, 6) is 2.36. The van der Waals surface area contributed by atoms with Gasteiger partial charge in [-0.3, -0.25) is 9.69 Å². The number of aryl methyl sites for hydroxylation is 1. The van der Waals surface area contributed by atoms with Crippen molar-refractivity contribution in [2.45, 2.75) is 32.4 Å². The number of pyridine rings is 2. The van der Waals surface area contributed by atoms with Gasteiger partial charge in [0.2, 0.25) is 5.88 Å². The van der Waals surface area contributed by atoms with E-state index in [0.717, 1.165) is 49.7 Å². The Morgan fingerprint density at radius 2 is 1.54 bits per heavy atom. The van der Waals surface area contributed by atoms with Crippen molar-refractivity contribution in [1.29, 1.82) is 0 Å². The van der Waals surface area contributed by atoms with Crippen LogP contribution < -0.4 is 19.5 Å². The molecule has 11 nitrogen and oxygen atoms in total. The van der Waals surface area contributed by atoms with Crippen molar-refractivity contribution in [1.82, 2.24) is 19.8 Å². The summed E-state index contributed by atoms with van der Waals surface area (Å²) >= 11 is 0. The molecule has 2 aromatic heterocycles. The zero-order chi connectivity index (χ0) is 31.7. The summed E-state index contributed by atoms with van der Waals surface area (Å²) < 4.78 is 22.9. The first-order valence-electron chi connectivity index (χ1n) is 15.5. The lowest BCUT2D eigenvalue weighted by atomic mass is 10.1. The number of hydrogen-bond acceptors (Lipinski definition) is 9. The van der Waals surface area contributed by atoms with Gasteiger partial charge in [0.25, 0.3) is 5.91 Å². The molecule has 2 aromatic carbocycles. The van der Waals surface area contributed by atoms with Crippen LogP contribution in [0.1, 0.15) is 34.3 Å². The van der Waals surface area contributed by atoms with Crippen molar-refractivity contribution in [2.24, 2.45) is 0 Å². The van der Waals surface area contributed by atoms with Crippen LogP contribution in [0.3, 0.4) is 0 Å². The number of morpholine rings is 1. The van der Waals surface area contributed by atoms with Gasteiger partial charge in [-0.1, -0.05) is 18.2 Å². The molecule has 11 heteroatoms. The highest BCUT2D eigenvalue weighted by Gasteiger charge is 2.25. The van der Waals surface area contributed by atoms with Gasteiger partial charge in [-0.2, -0.15) is 0 Å². The summed E-state index contributed by atoms with van der Waals surface area (Å²) in [5, 5.41) is 2.79. The quantitative estimate of drug-likeness (QED) is 0.251. The number of aromatic nitrogens is 2. The molecule has 46 heavy (non-hydrogen) atoms. The first kappa shape index (κ1) is 31.0. The molecule has 0 atom stereocenters. The van der Waals surface area contributed by atoms with Gasteiger partial charge in [0, 0.05) is 63.4 Å². The first-order chi connectivity index (χ1) is 22.5. The number of carbonyl (C=O) groups is 2. The molecule has 0 aliphatic carbocycles. The van der Waals surface area contributed by atoms with E-state index in [1.54, 1.807) is 23.2 Å². The molecule has 0 unspecified atom stereocenters. The summed E-state index contributed by atoms with van der Waals surface area (Å²) in [6, 6.07) is 22.0. The number of amides is 2. The number of piperidine rings is 1. The van der Waals surface area contributed by atoms with Crippen LogP contribution >= 0.6 is 0 Å². The molecule has 2 amide bonds. The molecular formula is C35H37N5O6. The summed E-state index contributed by atoms with van der Waals surface area (Å²) in [7, 11) is 0. The number of likely N-dealkylation sites (tertiary alicyclic amines) is 1. The van der Waals surface area contributed by atoms with Crippen LogP contribution in [0.5, 0.6) is 23.1 Å². The predicted molar refractivity (Wildman–Crippen MR) is 171 cm³/mol. The van der Waals surface area contributed by atoms with E-state index in [0.29, 0.717) is 54.7 Å². The summed E-state index contributed by atoms with van der Waals surface area (Å²) in [6.07, 6.45) is 4.09. The van der Waals surface area contributed by atoms with Crippen LogP contribution in [0.2, 0.25) is 0 Å². The fourth-order valence-electron chi connectivity index (χ4n) is 5.22. The highest BCUT2D eigenvalue weighted by atomic mass is 16.6. The van der Waals surface area contributed by atoms with E-state index in [4.69, 9.17) is 18.9 Å². The van der Waals surface area contributed by atoms with Crippen LogP contribution in [0.25, 0.3) is 0 Å². The van der Waals surface area contributed by atoms with Gasteiger partial charge in [-0.25, -0.2) is 14.8 Å². The molecule has 6 rings (SSSR count). The Hall–Kier alpha value is -5.00. The van der Waals surface area contributed by atoms with Crippen molar-refractivity contribution >= 4 is 17.8 Å². The van der Waals surface area contributed by atoms with Gasteiger partial charge < -0.3 is 29.2 Å². The Labute approximate surface area is 268 Å². The lowest BCUT2D eigenvalue weighted by Crippen LogP contribution is -2.43. The van der Waals surface area contributed by atoms with Crippen molar-refractivity contribution in [3.05, 3.63) is 102 Å². The SMILES string of the molecule is Cc1ccc(Oc2ccc(OC3CCN(C(=O)Oc4ccc(NC(=O)c5ccc(CN6CCOCC6)cc5)nc4)CC3)cc2)nc1. The normalized spacial score (nSPS) is 15.6. The van der Waals surface area contributed by atoms with Gasteiger partial charge >= 0.3 is 6.09 Å². The van der Waals surface area contributed by atoms with Crippen LogP contribution in [0.4, 0.5) is 10.6 Å². The molecule has 2 aliphatic heterocycles. The van der Waals surface area contributed by atoms with E-state index in [1.807, 2.05) is 67.6 Å².